The molecule has 1 nitrogen and oxygen atoms in total. The molecule has 2 aromatic rings. The van der Waals surface area contributed by atoms with Gasteiger partial charge in [-0.3, -0.25) is 0 Å². The van der Waals surface area contributed by atoms with Crippen LogP contribution >= 0.6 is 0 Å². The van der Waals surface area contributed by atoms with Crippen LogP contribution in [0.15, 0.2) is 36.4 Å². The van der Waals surface area contributed by atoms with E-state index in [1.807, 2.05) is 6.92 Å². The summed E-state index contributed by atoms with van der Waals surface area (Å²) in [6.07, 6.45) is 12.7. The van der Waals surface area contributed by atoms with Crippen molar-refractivity contribution >= 4 is 0 Å². The fourth-order valence-corrected chi connectivity index (χ4v) is 4.59. The molecule has 1 fully saturated rings. The van der Waals surface area contributed by atoms with Crippen LogP contribution in [0.25, 0.3) is 0 Å². The van der Waals surface area contributed by atoms with Gasteiger partial charge >= 0.3 is 0 Å². The van der Waals surface area contributed by atoms with E-state index in [-0.39, 0.29) is 17.2 Å². The average molecular weight is 453 g/mol. The van der Waals surface area contributed by atoms with Crippen molar-refractivity contribution in [3.63, 3.8) is 0 Å². The zero-order valence-corrected chi connectivity index (χ0v) is 20.3. The molecule has 3 rings (SSSR count). The second kappa shape index (κ2) is 13.4. The van der Waals surface area contributed by atoms with E-state index in [4.69, 9.17) is 4.74 Å². The molecule has 0 atom stereocenters. The van der Waals surface area contributed by atoms with Crippen LogP contribution in [0.5, 0.6) is 5.75 Å². The molecule has 33 heavy (non-hydrogen) atoms. The van der Waals surface area contributed by atoms with Gasteiger partial charge in [-0.25, -0.2) is 4.39 Å². The Kier molecular flexibility index (Phi) is 10.3. The number of hydrogen-bond acceptors (Lipinski definition) is 1. The number of ether oxygens (including phenoxy) is 1. The molecular formula is C30H38F2O. The average Bonchev–Trinajstić information content (AvgIpc) is 2.85. The molecule has 1 aliphatic rings. The minimum Gasteiger partial charge on any atom is -0.490 e. The van der Waals surface area contributed by atoms with Gasteiger partial charge in [0, 0.05) is 5.92 Å². The first-order valence-electron chi connectivity index (χ1n) is 12.8. The molecule has 0 bridgehead atoms. The molecular weight excluding hydrogens is 414 g/mol. The van der Waals surface area contributed by atoms with Gasteiger partial charge in [-0.1, -0.05) is 75.6 Å². The summed E-state index contributed by atoms with van der Waals surface area (Å²) in [7, 11) is 0. The lowest BCUT2D eigenvalue weighted by Crippen LogP contribution is -2.12. The summed E-state index contributed by atoms with van der Waals surface area (Å²) in [6, 6.07) is 12.2. The Morgan fingerprint density at radius 1 is 0.818 bits per heavy atom. The minimum atomic E-state index is -0.941. The first-order valence-corrected chi connectivity index (χ1v) is 12.8. The molecule has 0 spiro atoms. The molecule has 0 aliphatic heterocycles. The van der Waals surface area contributed by atoms with Crippen LogP contribution in [0.1, 0.15) is 101 Å². The van der Waals surface area contributed by atoms with Gasteiger partial charge in [0.05, 0.1) is 12.2 Å². The molecule has 2 aromatic carbocycles. The first-order chi connectivity index (χ1) is 16.1. The number of aryl methyl sites for hydroxylation is 1. The van der Waals surface area contributed by atoms with Gasteiger partial charge in [-0.05, 0) is 74.1 Å². The molecule has 0 amide bonds. The predicted molar refractivity (Wildman–Crippen MR) is 133 cm³/mol. The van der Waals surface area contributed by atoms with Crippen molar-refractivity contribution in [2.75, 3.05) is 6.61 Å². The molecule has 0 saturated heterocycles. The molecule has 1 aliphatic carbocycles. The lowest BCUT2D eigenvalue weighted by Gasteiger charge is -2.26. The predicted octanol–water partition coefficient (Wildman–Crippen LogP) is 8.59. The van der Waals surface area contributed by atoms with Gasteiger partial charge < -0.3 is 4.74 Å². The van der Waals surface area contributed by atoms with Crippen LogP contribution in [-0.2, 0) is 6.42 Å². The van der Waals surface area contributed by atoms with Crippen molar-refractivity contribution in [3.05, 3.63) is 64.7 Å². The lowest BCUT2D eigenvalue weighted by molar-refractivity contribution is 0.295. The van der Waals surface area contributed by atoms with E-state index in [0.29, 0.717) is 12.5 Å². The fraction of sp³-hybridized carbons (Fsp3) is 0.533. The van der Waals surface area contributed by atoms with E-state index in [0.717, 1.165) is 32.1 Å². The van der Waals surface area contributed by atoms with E-state index in [1.165, 1.54) is 61.8 Å². The molecule has 0 radical (unpaired) electrons. The second-order valence-electron chi connectivity index (χ2n) is 9.31. The monoisotopic (exact) mass is 452 g/mol. The van der Waals surface area contributed by atoms with Gasteiger partial charge in [0.15, 0.2) is 11.6 Å². The minimum absolute atomic E-state index is 0.0390. The van der Waals surface area contributed by atoms with E-state index in [1.54, 1.807) is 0 Å². The molecule has 0 aromatic heterocycles. The number of halogens is 2. The number of unbranched alkanes of at least 4 members (excludes halogenated alkanes) is 4. The van der Waals surface area contributed by atoms with Gasteiger partial charge in [-0.2, -0.15) is 4.39 Å². The first kappa shape index (κ1) is 25.3. The van der Waals surface area contributed by atoms with Crippen LogP contribution in [0.3, 0.4) is 0 Å². The lowest BCUT2D eigenvalue weighted by atomic mass is 9.78. The van der Waals surface area contributed by atoms with E-state index in [9.17, 15) is 8.78 Å². The Hall–Kier alpha value is -2.34. The van der Waals surface area contributed by atoms with Crippen molar-refractivity contribution in [2.24, 2.45) is 5.92 Å². The van der Waals surface area contributed by atoms with Crippen LogP contribution in [-0.4, -0.2) is 6.61 Å². The molecule has 0 unspecified atom stereocenters. The highest BCUT2D eigenvalue weighted by Gasteiger charge is 2.21. The van der Waals surface area contributed by atoms with Crippen molar-refractivity contribution in [3.8, 4) is 17.6 Å². The van der Waals surface area contributed by atoms with Crippen LogP contribution in [0.2, 0.25) is 0 Å². The van der Waals surface area contributed by atoms with E-state index in [2.05, 4.69) is 43.0 Å². The molecule has 0 heterocycles. The summed E-state index contributed by atoms with van der Waals surface area (Å²) in [6.45, 7) is 4.54. The summed E-state index contributed by atoms with van der Waals surface area (Å²) < 4.78 is 33.8. The third-order valence-electron chi connectivity index (χ3n) is 6.67. The summed E-state index contributed by atoms with van der Waals surface area (Å²) in [5, 5.41) is 0. The van der Waals surface area contributed by atoms with Gasteiger partial charge in [0.25, 0.3) is 0 Å². The van der Waals surface area contributed by atoms with E-state index >= 15 is 0 Å². The summed E-state index contributed by atoms with van der Waals surface area (Å²) >= 11 is 0. The third-order valence-corrected chi connectivity index (χ3v) is 6.67. The number of rotatable bonds is 10. The Labute approximate surface area is 198 Å². The normalized spacial score (nSPS) is 17.9. The van der Waals surface area contributed by atoms with Crippen molar-refractivity contribution in [1.82, 2.24) is 0 Å². The second-order valence-corrected chi connectivity index (χ2v) is 9.31. The summed E-state index contributed by atoms with van der Waals surface area (Å²) in [4.78, 5) is 0. The van der Waals surface area contributed by atoms with Crippen molar-refractivity contribution in [1.29, 1.82) is 0 Å². The highest BCUT2D eigenvalue weighted by molar-refractivity contribution is 5.41. The fourth-order valence-electron chi connectivity index (χ4n) is 4.59. The van der Waals surface area contributed by atoms with Gasteiger partial charge in [-0.15, -0.1) is 0 Å². The Morgan fingerprint density at radius 2 is 1.55 bits per heavy atom. The summed E-state index contributed by atoms with van der Waals surface area (Å²) in [5.74, 6) is 5.00. The Bertz CT molecular complexity index is 915. The highest BCUT2D eigenvalue weighted by atomic mass is 19.2. The van der Waals surface area contributed by atoms with Crippen LogP contribution < -0.4 is 4.74 Å². The highest BCUT2D eigenvalue weighted by Crippen LogP contribution is 2.35. The molecule has 1 saturated carbocycles. The maximum Gasteiger partial charge on any atom is 0.201 e. The van der Waals surface area contributed by atoms with E-state index < -0.39 is 11.6 Å². The van der Waals surface area contributed by atoms with Gasteiger partial charge in [0.2, 0.25) is 5.82 Å². The molecule has 0 N–H and O–H groups in total. The third kappa shape index (κ3) is 7.60. The SMILES string of the molecule is CCCCCCCc1ccc(C2CCC(C#Cc3ccc(OCCC)c(F)c3F)CC2)cc1. The van der Waals surface area contributed by atoms with Crippen LogP contribution in [0.4, 0.5) is 8.78 Å². The molecule has 178 valence electrons. The summed E-state index contributed by atoms with van der Waals surface area (Å²) in [5.41, 5.74) is 2.98. The van der Waals surface area contributed by atoms with Crippen LogP contribution in [0, 0.1) is 29.4 Å². The zero-order chi connectivity index (χ0) is 23.5. The zero-order valence-electron chi connectivity index (χ0n) is 20.3. The standard InChI is InChI=1S/C30H38F2O/c1-3-5-6-7-8-9-23-10-15-25(16-11-23)26-17-12-24(13-18-26)14-19-27-20-21-28(33-22-4-2)30(32)29(27)31/h10-11,15-16,20-21,24,26H,3-9,12-13,17-18,22H2,1-2H3. The topological polar surface area (TPSA) is 9.23 Å². The van der Waals surface area contributed by atoms with Crippen molar-refractivity contribution in [2.45, 2.75) is 90.4 Å². The maximum atomic E-state index is 14.3. The van der Waals surface area contributed by atoms with Gasteiger partial charge in [0.1, 0.15) is 0 Å². The number of benzene rings is 2. The molecule has 3 heteroatoms. The number of hydrogen-bond donors (Lipinski definition) is 0. The Balaban J connectivity index is 1.49. The Morgan fingerprint density at radius 3 is 2.24 bits per heavy atom. The quantitative estimate of drug-likeness (QED) is 0.259. The largest absolute Gasteiger partial charge is 0.490 e. The smallest absolute Gasteiger partial charge is 0.201 e. The van der Waals surface area contributed by atoms with Crippen molar-refractivity contribution < 1.29 is 13.5 Å². The maximum absolute atomic E-state index is 14.3.